The Morgan fingerprint density at radius 1 is 1.37 bits per heavy atom. The van der Waals surface area contributed by atoms with Crippen molar-refractivity contribution in [1.82, 2.24) is 4.98 Å². The molecule has 0 aliphatic rings. The molecule has 1 aromatic heterocycles. The number of aromatic nitrogens is 1. The van der Waals surface area contributed by atoms with Crippen molar-refractivity contribution in [3.63, 3.8) is 0 Å². The third kappa shape index (κ3) is 3.45. The van der Waals surface area contributed by atoms with Crippen LogP contribution in [0.1, 0.15) is 17.3 Å². The highest BCUT2D eigenvalue weighted by molar-refractivity contribution is 6.04. The molecule has 0 bridgehead atoms. The number of nitrogens with two attached hydrogens (primary N) is 1. The number of nitrogen functional groups attached to an aromatic ring is 1. The molecule has 5 heteroatoms. The van der Waals surface area contributed by atoms with Crippen molar-refractivity contribution < 1.29 is 9.53 Å². The van der Waals surface area contributed by atoms with Crippen molar-refractivity contribution in [2.24, 2.45) is 0 Å². The Kier molecular flexibility index (Phi) is 3.97. The van der Waals surface area contributed by atoms with Gasteiger partial charge in [0.05, 0.1) is 18.5 Å². The van der Waals surface area contributed by atoms with Gasteiger partial charge in [-0.1, -0.05) is 6.07 Å². The molecule has 19 heavy (non-hydrogen) atoms. The minimum atomic E-state index is -0.224. The Morgan fingerprint density at radius 2 is 2.21 bits per heavy atom. The number of carbonyl (C=O) groups is 1. The van der Waals surface area contributed by atoms with Gasteiger partial charge in [-0.15, -0.1) is 0 Å². The first-order valence-corrected chi connectivity index (χ1v) is 5.95. The summed E-state index contributed by atoms with van der Waals surface area (Å²) in [6.45, 7) is 2.44. The number of rotatable bonds is 4. The van der Waals surface area contributed by atoms with Crippen LogP contribution < -0.4 is 15.8 Å². The zero-order chi connectivity index (χ0) is 13.7. The topological polar surface area (TPSA) is 77.2 Å². The SMILES string of the molecule is CCOc1ccc(NC(=O)c2cccc(N)c2)cn1. The summed E-state index contributed by atoms with van der Waals surface area (Å²) in [4.78, 5) is 16.0. The maximum absolute atomic E-state index is 12.0. The number of carbonyl (C=O) groups excluding carboxylic acids is 1. The second-order valence-electron chi connectivity index (χ2n) is 3.90. The van der Waals surface area contributed by atoms with Gasteiger partial charge in [0.15, 0.2) is 0 Å². The molecule has 0 atom stereocenters. The second kappa shape index (κ2) is 5.86. The van der Waals surface area contributed by atoms with E-state index in [0.29, 0.717) is 29.4 Å². The number of hydrogen-bond donors (Lipinski definition) is 2. The number of nitrogens with one attached hydrogen (secondary N) is 1. The van der Waals surface area contributed by atoms with Crippen LogP contribution in [0.15, 0.2) is 42.6 Å². The van der Waals surface area contributed by atoms with Gasteiger partial charge in [-0.05, 0) is 31.2 Å². The fourth-order valence-electron chi connectivity index (χ4n) is 1.57. The molecule has 2 aromatic rings. The molecule has 1 amide bonds. The van der Waals surface area contributed by atoms with Crippen LogP contribution in [0, 0.1) is 0 Å². The van der Waals surface area contributed by atoms with Gasteiger partial charge in [0.25, 0.3) is 5.91 Å². The zero-order valence-corrected chi connectivity index (χ0v) is 10.6. The van der Waals surface area contributed by atoms with E-state index in [4.69, 9.17) is 10.5 Å². The highest BCUT2D eigenvalue weighted by Crippen LogP contribution is 2.13. The van der Waals surface area contributed by atoms with Crippen molar-refractivity contribution >= 4 is 17.3 Å². The molecule has 0 saturated carbocycles. The zero-order valence-electron chi connectivity index (χ0n) is 10.6. The standard InChI is InChI=1S/C14H15N3O2/c1-2-19-13-7-6-12(9-16-13)17-14(18)10-4-3-5-11(15)8-10/h3-9H,2,15H2,1H3,(H,17,18). The van der Waals surface area contributed by atoms with E-state index >= 15 is 0 Å². The van der Waals surface area contributed by atoms with Gasteiger partial charge in [-0.3, -0.25) is 4.79 Å². The van der Waals surface area contributed by atoms with Crippen LogP contribution in [-0.2, 0) is 0 Å². The number of anilines is 2. The minimum absolute atomic E-state index is 0.224. The molecule has 1 aromatic carbocycles. The third-order valence-corrected chi connectivity index (χ3v) is 2.44. The van der Waals surface area contributed by atoms with Crippen LogP contribution in [0.2, 0.25) is 0 Å². The van der Waals surface area contributed by atoms with Crippen molar-refractivity contribution in [3.8, 4) is 5.88 Å². The maximum atomic E-state index is 12.0. The highest BCUT2D eigenvalue weighted by Gasteiger charge is 2.06. The molecule has 5 nitrogen and oxygen atoms in total. The molecular formula is C14H15N3O2. The molecular weight excluding hydrogens is 242 g/mol. The van der Waals surface area contributed by atoms with Crippen LogP contribution in [-0.4, -0.2) is 17.5 Å². The summed E-state index contributed by atoms with van der Waals surface area (Å²) in [7, 11) is 0. The van der Waals surface area contributed by atoms with Crippen molar-refractivity contribution in [2.45, 2.75) is 6.92 Å². The Morgan fingerprint density at radius 3 is 2.84 bits per heavy atom. The number of nitrogens with zero attached hydrogens (tertiary/aromatic N) is 1. The fourth-order valence-corrected chi connectivity index (χ4v) is 1.57. The molecule has 0 saturated heterocycles. The van der Waals surface area contributed by atoms with E-state index in [2.05, 4.69) is 10.3 Å². The predicted molar refractivity (Wildman–Crippen MR) is 74.2 cm³/mol. The Labute approximate surface area is 111 Å². The Bertz CT molecular complexity index is 567. The largest absolute Gasteiger partial charge is 0.478 e. The summed E-state index contributed by atoms with van der Waals surface area (Å²) in [6.07, 6.45) is 1.55. The lowest BCUT2D eigenvalue weighted by Crippen LogP contribution is -2.12. The van der Waals surface area contributed by atoms with Gasteiger partial charge in [0.2, 0.25) is 5.88 Å². The summed E-state index contributed by atoms with van der Waals surface area (Å²) in [5.74, 6) is 0.308. The number of ether oxygens (including phenoxy) is 1. The lowest BCUT2D eigenvalue weighted by Gasteiger charge is -2.06. The molecule has 0 aliphatic carbocycles. The second-order valence-corrected chi connectivity index (χ2v) is 3.90. The summed E-state index contributed by atoms with van der Waals surface area (Å²) in [5.41, 5.74) is 7.30. The first kappa shape index (κ1) is 12.9. The van der Waals surface area contributed by atoms with Crippen molar-refractivity contribution in [1.29, 1.82) is 0 Å². The molecule has 0 unspecified atom stereocenters. The van der Waals surface area contributed by atoms with E-state index in [1.807, 2.05) is 6.92 Å². The van der Waals surface area contributed by atoms with Gasteiger partial charge in [-0.2, -0.15) is 0 Å². The molecule has 0 fully saturated rings. The van der Waals surface area contributed by atoms with Gasteiger partial charge in [0, 0.05) is 17.3 Å². The predicted octanol–water partition coefficient (Wildman–Crippen LogP) is 2.31. The normalized spacial score (nSPS) is 9.95. The molecule has 3 N–H and O–H groups in total. The van der Waals surface area contributed by atoms with Gasteiger partial charge < -0.3 is 15.8 Å². The molecule has 0 aliphatic heterocycles. The van der Waals surface area contributed by atoms with Gasteiger partial charge in [0.1, 0.15) is 0 Å². The molecule has 0 radical (unpaired) electrons. The van der Waals surface area contributed by atoms with Gasteiger partial charge >= 0.3 is 0 Å². The van der Waals surface area contributed by atoms with Crippen LogP contribution in [0.4, 0.5) is 11.4 Å². The lowest BCUT2D eigenvalue weighted by atomic mass is 10.2. The van der Waals surface area contributed by atoms with Crippen LogP contribution in [0.25, 0.3) is 0 Å². The van der Waals surface area contributed by atoms with E-state index in [9.17, 15) is 4.79 Å². The number of hydrogen-bond acceptors (Lipinski definition) is 4. The summed E-state index contributed by atoms with van der Waals surface area (Å²) >= 11 is 0. The maximum Gasteiger partial charge on any atom is 0.255 e. The minimum Gasteiger partial charge on any atom is -0.478 e. The Balaban J connectivity index is 2.06. The average molecular weight is 257 g/mol. The van der Waals surface area contributed by atoms with Crippen LogP contribution >= 0.6 is 0 Å². The van der Waals surface area contributed by atoms with Crippen LogP contribution in [0.3, 0.4) is 0 Å². The van der Waals surface area contributed by atoms with E-state index in [-0.39, 0.29) is 5.91 Å². The molecule has 2 rings (SSSR count). The quantitative estimate of drug-likeness (QED) is 0.824. The summed E-state index contributed by atoms with van der Waals surface area (Å²) in [6, 6.07) is 10.2. The lowest BCUT2D eigenvalue weighted by molar-refractivity contribution is 0.102. The molecule has 1 heterocycles. The smallest absolute Gasteiger partial charge is 0.255 e. The molecule has 0 spiro atoms. The van der Waals surface area contributed by atoms with Crippen LogP contribution in [0.5, 0.6) is 5.88 Å². The number of pyridine rings is 1. The monoisotopic (exact) mass is 257 g/mol. The third-order valence-electron chi connectivity index (χ3n) is 2.44. The van der Waals surface area contributed by atoms with E-state index in [1.54, 1.807) is 42.6 Å². The van der Waals surface area contributed by atoms with E-state index in [0.717, 1.165) is 0 Å². The summed E-state index contributed by atoms with van der Waals surface area (Å²) < 4.78 is 5.23. The highest BCUT2D eigenvalue weighted by atomic mass is 16.5. The number of amides is 1. The van der Waals surface area contributed by atoms with Gasteiger partial charge in [-0.25, -0.2) is 4.98 Å². The average Bonchev–Trinajstić information content (AvgIpc) is 2.41. The first-order chi connectivity index (χ1) is 9.19. The first-order valence-electron chi connectivity index (χ1n) is 5.95. The van der Waals surface area contributed by atoms with E-state index < -0.39 is 0 Å². The molecule has 98 valence electrons. The fraction of sp³-hybridized carbons (Fsp3) is 0.143. The van der Waals surface area contributed by atoms with E-state index in [1.165, 1.54) is 0 Å². The summed E-state index contributed by atoms with van der Waals surface area (Å²) in [5, 5.41) is 2.74. The van der Waals surface area contributed by atoms with Crippen molar-refractivity contribution in [3.05, 3.63) is 48.2 Å². The number of benzene rings is 1. The van der Waals surface area contributed by atoms with Crippen molar-refractivity contribution in [2.75, 3.05) is 17.7 Å². The Hall–Kier alpha value is -2.56.